The van der Waals surface area contributed by atoms with Gasteiger partial charge in [0, 0.05) is 18.3 Å². The van der Waals surface area contributed by atoms with Crippen molar-refractivity contribution >= 4 is 11.6 Å². The summed E-state index contributed by atoms with van der Waals surface area (Å²) >= 11 is 0. The van der Waals surface area contributed by atoms with Crippen molar-refractivity contribution in [2.45, 2.75) is 45.6 Å². The van der Waals surface area contributed by atoms with Crippen molar-refractivity contribution in [3.8, 4) is 0 Å². The number of likely N-dealkylation sites (N-methyl/N-ethyl adjacent to an activating group) is 1. The quantitative estimate of drug-likeness (QED) is 0.883. The molecule has 0 saturated carbocycles. The van der Waals surface area contributed by atoms with Gasteiger partial charge in [0.2, 0.25) is 5.91 Å². The maximum absolute atomic E-state index is 12.6. The van der Waals surface area contributed by atoms with Crippen LogP contribution in [0.5, 0.6) is 0 Å². The van der Waals surface area contributed by atoms with E-state index in [1.54, 1.807) is 0 Å². The van der Waals surface area contributed by atoms with Gasteiger partial charge in [-0.3, -0.25) is 4.79 Å². The number of anilines is 1. The van der Waals surface area contributed by atoms with E-state index < -0.39 is 5.41 Å². The number of fused-ring (bicyclic) bond motifs is 1. The molecule has 0 fully saturated rings. The molecule has 1 aromatic rings. The molecule has 1 aromatic carbocycles. The lowest BCUT2D eigenvalue weighted by molar-refractivity contribution is -0.122. The van der Waals surface area contributed by atoms with E-state index in [9.17, 15) is 4.79 Å². The molecule has 1 atom stereocenters. The van der Waals surface area contributed by atoms with Crippen molar-refractivity contribution in [2.75, 3.05) is 18.0 Å². The largest absolute Gasteiger partial charge is 0.312 e. The zero-order valence-electron chi connectivity index (χ0n) is 12.4. The molecular formula is C16H24N2O. The lowest BCUT2D eigenvalue weighted by atomic mass is 9.86. The Labute approximate surface area is 116 Å². The summed E-state index contributed by atoms with van der Waals surface area (Å²) in [6.07, 6.45) is 1.03. The number of amides is 1. The van der Waals surface area contributed by atoms with Crippen LogP contribution in [0.15, 0.2) is 24.3 Å². The first-order valence-electron chi connectivity index (χ1n) is 7.17. The summed E-state index contributed by atoms with van der Waals surface area (Å²) in [6.45, 7) is 9.98. The van der Waals surface area contributed by atoms with E-state index in [2.05, 4.69) is 31.3 Å². The van der Waals surface area contributed by atoms with Gasteiger partial charge in [-0.2, -0.15) is 0 Å². The standard InChI is InChI=1S/C16H24N2O/c1-5-12(17-6-2)11-18-14-10-8-7-9-13(14)16(3,4)15(18)19/h7-10,12,17H,5-6,11H2,1-4H3. The minimum atomic E-state index is -0.402. The van der Waals surface area contributed by atoms with Crippen LogP contribution >= 0.6 is 0 Å². The van der Waals surface area contributed by atoms with Crippen LogP contribution in [0.3, 0.4) is 0 Å². The highest BCUT2D eigenvalue weighted by Crippen LogP contribution is 2.41. The van der Waals surface area contributed by atoms with Gasteiger partial charge in [0.15, 0.2) is 0 Å². The summed E-state index contributed by atoms with van der Waals surface area (Å²) in [4.78, 5) is 14.6. The molecule has 0 aliphatic carbocycles. The Hall–Kier alpha value is -1.35. The second kappa shape index (κ2) is 5.33. The monoisotopic (exact) mass is 260 g/mol. The van der Waals surface area contributed by atoms with Crippen LogP contribution in [0.2, 0.25) is 0 Å². The van der Waals surface area contributed by atoms with Crippen molar-refractivity contribution < 1.29 is 4.79 Å². The number of nitrogens with one attached hydrogen (secondary N) is 1. The van der Waals surface area contributed by atoms with E-state index in [4.69, 9.17) is 0 Å². The Balaban J connectivity index is 2.29. The molecule has 3 heteroatoms. The van der Waals surface area contributed by atoms with Crippen molar-refractivity contribution in [1.29, 1.82) is 0 Å². The third-order valence-corrected chi connectivity index (χ3v) is 4.04. The number of hydrogen-bond donors (Lipinski definition) is 1. The van der Waals surface area contributed by atoms with Gasteiger partial charge in [-0.05, 0) is 38.4 Å². The molecule has 0 radical (unpaired) electrons. The Morgan fingerprint density at radius 1 is 1.26 bits per heavy atom. The van der Waals surface area contributed by atoms with E-state index >= 15 is 0 Å². The van der Waals surface area contributed by atoms with Crippen LogP contribution in [0.4, 0.5) is 5.69 Å². The van der Waals surface area contributed by atoms with Crippen LogP contribution in [0, 0.1) is 0 Å². The molecule has 104 valence electrons. The first-order chi connectivity index (χ1) is 9.02. The van der Waals surface area contributed by atoms with Gasteiger partial charge < -0.3 is 10.2 Å². The number of rotatable bonds is 5. The lowest BCUT2D eigenvalue weighted by Gasteiger charge is -2.25. The second-order valence-corrected chi connectivity index (χ2v) is 5.72. The van der Waals surface area contributed by atoms with Gasteiger partial charge >= 0.3 is 0 Å². The highest BCUT2D eigenvalue weighted by Gasteiger charge is 2.43. The summed E-state index contributed by atoms with van der Waals surface area (Å²) in [5.74, 6) is 0.213. The van der Waals surface area contributed by atoms with Crippen LogP contribution in [0.1, 0.15) is 39.7 Å². The topological polar surface area (TPSA) is 32.3 Å². The summed E-state index contributed by atoms with van der Waals surface area (Å²) in [6, 6.07) is 8.51. The van der Waals surface area contributed by atoms with Crippen LogP contribution in [-0.4, -0.2) is 25.0 Å². The Morgan fingerprint density at radius 3 is 2.58 bits per heavy atom. The summed E-state index contributed by atoms with van der Waals surface area (Å²) in [7, 11) is 0. The smallest absolute Gasteiger partial charge is 0.237 e. The zero-order valence-corrected chi connectivity index (χ0v) is 12.4. The van der Waals surface area contributed by atoms with Gasteiger partial charge in [0.25, 0.3) is 0 Å². The molecule has 1 aliphatic heterocycles. The fraction of sp³-hybridized carbons (Fsp3) is 0.562. The first kappa shape index (κ1) is 14.1. The third-order valence-electron chi connectivity index (χ3n) is 4.04. The number of para-hydroxylation sites is 1. The summed E-state index contributed by atoms with van der Waals surface area (Å²) in [5.41, 5.74) is 1.82. The van der Waals surface area contributed by atoms with Gasteiger partial charge in [0.05, 0.1) is 5.41 Å². The van der Waals surface area contributed by atoms with Crippen LogP contribution in [0.25, 0.3) is 0 Å². The van der Waals surface area contributed by atoms with Crippen LogP contribution in [-0.2, 0) is 10.2 Å². The highest BCUT2D eigenvalue weighted by molar-refractivity contribution is 6.07. The van der Waals surface area contributed by atoms with Gasteiger partial charge in [-0.25, -0.2) is 0 Å². The molecule has 0 bridgehead atoms. The Bertz CT molecular complexity index is 468. The zero-order chi connectivity index (χ0) is 14.0. The van der Waals surface area contributed by atoms with Crippen molar-refractivity contribution in [2.24, 2.45) is 0 Å². The van der Waals surface area contributed by atoms with Crippen molar-refractivity contribution in [3.63, 3.8) is 0 Å². The molecule has 0 spiro atoms. The molecule has 1 amide bonds. The number of carbonyl (C=O) groups is 1. The van der Waals surface area contributed by atoms with E-state index in [1.165, 1.54) is 0 Å². The van der Waals surface area contributed by atoms with Crippen molar-refractivity contribution in [3.05, 3.63) is 29.8 Å². The molecule has 3 nitrogen and oxygen atoms in total. The maximum atomic E-state index is 12.6. The van der Waals surface area contributed by atoms with E-state index in [0.717, 1.165) is 30.8 Å². The molecule has 0 saturated heterocycles. The number of hydrogen-bond acceptors (Lipinski definition) is 2. The van der Waals surface area contributed by atoms with Gasteiger partial charge in [0.1, 0.15) is 0 Å². The highest BCUT2D eigenvalue weighted by atomic mass is 16.2. The van der Waals surface area contributed by atoms with Gasteiger partial charge in [-0.15, -0.1) is 0 Å². The predicted octanol–water partition coefficient (Wildman–Crippen LogP) is 2.70. The second-order valence-electron chi connectivity index (χ2n) is 5.72. The molecule has 19 heavy (non-hydrogen) atoms. The fourth-order valence-corrected chi connectivity index (χ4v) is 2.83. The predicted molar refractivity (Wildman–Crippen MR) is 79.6 cm³/mol. The SMILES string of the molecule is CCNC(CC)CN1C(=O)C(C)(C)c2ccccc21. The van der Waals surface area contributed by atoms with Gasteiger partial charge in [-0.1, -0.05) is 32.0 Å². The number of nitrogens with zero attached hydrogens (tertiary/aromatic N) is 1. The minimum absolute atomic E-state index is 0.213. The van der Waals surface area contributed by atoms with Crippen LogP contribution < -0.4 is 10.2 Å². The average Bonchev–Trinajstić information content (AvgIpc) is 2.60. The average molecular weight is 260 g/mol. The summed E-state index contributed by atoms with van der Waals surface area (Å²) < 4.78 is 0. The van der Waals surface area contributed by atoms with E-state index in [1.807, 2.05) is 30.9 Å². The fourth-order valence-electron chi connectivity index (χ4n) is 2.83. The summed E-state index contributed by atoms with van der Waals surface area (Å²) in [5, 5.41) is 3.44. The number of carbonyl (C=O) groups excluding carboxylic acids is 1. The normalized spacial score (nSPS) is 18.5. The Morgan fingerprint density at radius 2 is 1.95 bits per heavy atom. The Kier molecular flexibility index (Phi) is 3.95. The first-order valence-corrected chi connectivity index (χ1v) is 7.17. The number of benzene rings is 1. The molecular weight excluding hydrogens is 236 g/mol. The maximum Gasteiger partial charge on any atom is 0.237 e. The molecule has 1 N–H and O–H groups in total. The van der Waals surface area contributed by atoms with E-state index in [0.29, 0.717) is 6.04 Å². The molecule has 2 rings (SSSR count). The molecule has 1 unspecified atom stereocenters. The third kappa shape index (κ3) is 2.39. The lowest BCUT2D eigenvalue weighted by Crippen LogP contribution is -2.45. The molecule has 1 heterocycles. The minimum Gasteiger partial charge on any atom is -0.312 e. The molecule has 1 aliphatic rings. The van der Waals surface area contributed by atoms with E-state index in [-0.39, 0.29) is 5.91 Å². The molecule has 0 aromatic heterocycles. The van der Waals surface area contributed by atoms with Crippen molar-refractivity contribution in [1.82, 2.24) is 5.32 Å².